The van der Waals surface area contributed by atoms with Crippen LogP contribution in [0.3, 0.4) is 0 Å². The second-order valence-electron chi connectivity index (χ2n) is 10.1. The van der Waals surface area contributed by atoms with Crippen molar-refractivity contribution in [3.8, 4) is 0 Å². The Hall–Kier alpha value is -3.96. The summed E-state index contributed by atoms with van der Waals surface area (Å²) >= 11 is 7.04. The number of hydrogen-bond acceptors (Lipinski definition) is 14. The lowest BCUT2D eigenvalue weighted by molar-refractivity contribution is -0.330. The zero-order valence-corrected chi connectivity index (χ0v) is 28.9. The van der Waals surface area contributed by atoms with Gasteiger partial charge in [-0.05, 0) is 48.4 Å². The predicted molar refractivity (Wildman–Crippen MR) is 171 cm³/mol. The minimum absolute atomic E-state index is 0.102. The molecule has 2 N–H and O–H groups in total. The summed E-state index contributed by atoms with van der Waals surface area (Å²) in [6, 6.07) is 14.8. The van der Waals surface area contributed by atoms with Crippen LogP contribution < -0.4 is 5.73 Å². The number of pyridine rings is 2. The molecule has 46 heavy (non-hydrogen) atoms. The molecular weight excluding hydrogens is 732 g/mol. The van der Waals surface area contributed by atoms with E-state index in [4.69, 9.17) is 35.1 Å². The summed E-state index contributed by atoms with van der Waals surface area (Å²) in [5, 5.41) is 1.56. The first-order valence-electron chi connectivity index (χ1n) is 13.9. The SMILES string of the molecule is CC(=O)ON(Cc1cc(Br)cc(CN(CCc2ccc(N)cc2)Cc2cc(Br)cc(CN(OC(C)=O)OC(C)=O)n2)n1)OC(C)=O. The van der Waals surface area contributed by atoms with Gasteiger partial charge in [-0.3, -0.25) is 34.0 Å². The number of carbonyl (C=O) groups is 4. The van der Waals surface area contributed by atoms with Crippen LogP contribution in [-0.2, 0) is 71.1 Å². The molecule has 3 rings (SSSR count). The Labute approximate surface area is 282 Å². The third-order valence-corrected chi connectivity index (χ3v) is 6.68. The summed E-state index contributed by atoms with van der Waals surface area (Å²) in [6.07, 6.45) is 0.696. The van der Waals surface area contributed by atoms with E-state index >= 15 is 0 Å². The molecule has 0 spiro atoms. The lowest BCUT2D eigenvalue weighted by Crippen LogP contribution is -2.30. The molecule has 0 saturated heterocycles. The van der Waals surface area contributed by atoms with Gasteiger partial charge in [0.05, 0.1) is 22.8 Å². The van der Waals surface area contributed by atoms with E-state index < -0.39 is 23.9 Å². The van der Waals surface area contributed by atoms with Crippen LogP contribution in [-0.4, -0.2) is 55.7 Å². The Morgan fingerprint density at radius 2 is 0.978 bits per heavy atom. The molecule has 0 atom stereocenters. The lowest BCUT2D eigenvalue weighted by Gasteiger charge is -2.23. The summed E-state index contributed by atoms with van der Waals surface area (Å²) < 4.78 is 1.44. The van der Waals surface area contributed by atoms with E-state index in [0.29, 0.717) is 54.5 Å². The molecule has 0 radical (unpaired) electrons. The Balaban J connectivity index is 1.88. The Kier molecular flexibility index (Phi) is 14.0. The van der Waals surface area contributed by atoms with Gasteiger partial charge in [-0.25, -0.2) is 0 Å². The maximum atomic E-state index is 11.5. The zero-order chi connectivity index (χ0) is 33.8. The molecule has 2 aromatic heterocycles. The third-order valence-electron chi connectivity index (χ3n) is 5.76. The number of rotatable bonds is 15. The van der Waals surface area contributed by atoms with Gasteiger partial charge in [0, 0.05) is 72.4 Å². The lowest BCUT2D eigenvalue weighted by atomic mass is 10.1. The maximum absolute atomic E-state index is 11.5. The third kappa shape index (κ3) is 13.6. The quantitative estimate of drug-likeness (QED) is 0.171. The molecule has 1 aromatic carbocycles. The molecule has 0 amide bonds. The first-order valence-corrected chi connectivity index (χ1v) is 15.5. The first-order chi connectivity index (χ1) is 21.7. The van der Waals surface area contributed by atoms with Crippen molar-refractivity contribution in [1.29, 1.82) is 0 Å². The summed E-state index contributed by atoms with van der Waals surface area (Å²) in [4.78, 5) is 77.7. The molecule has 0 aliphatic carbocycles. The summed E-state index contributed by atoms with van der Waals surface area (Å²) in [5.74, 6) is -2.63. The van der Waals surface area contributed by atoms with Gasteiger partial charge in [0.1, 0.15) is 13.1 Å². The van der Waals surface area contributed by atoms with Crippen LogP contribution >= 0.6 is 31.9 Å². The number of nitrogens with zero attached hydrogens (tertiary/aromatic N) is 5. The van der Waals surface area contributed by atoms with Crippen LogP contribution in [0.15, 0.2) is 57.5 Å². The second-order valence-corrected chi connectivity index (χ2v) is 11.9. The number of hydrogen-bond donors (Lipinski definition) is 1. The van der Waals surface area contributed by atoms with E-state index in [1.807, 2.05) is 36.4 Å². The van der Waals surface area contributed by atoms with Crippen molar-refractivity contribution in [2.75, 3.05) is 12.3 Å². The van der Waals surface area contributed by atoms with Gasteiger partial charge in [-0.2, -0.15) is 0 Å². The van der Waals surface area contributed by atoms with Gasteiger partial charge >= 0.3 is 23.9 Å². The number of carbonyl (C=O) groups excluding carboxylic acids is 4. The van der Waals surface area contributed by atoms with Crippen molar-refractivity contribution in [2.45, 2.75) is 60.3 Å². The number of aromatic nitrogens is 2. The molecule has 0 bridgehead atoms. The topological polar surface area (TPSA) is 167 Å². The molecule has 14 nitrogen and oxygen atoms in total. The van der Waals surface area contributed by atoms with Crippen LogP contribution in [0, 0.1) is 0 Å². The highest BCUT2D eigenvalue weighted by atomic mass is 79.9. The van der Waals surface area contributed by atoms with Crippen LogP contribution in [0.4, 0.5) is 5.69 Å². The predicted octanol–water partition coefficient (Wildman–Crippen LogP) is 4.35. The molecular formula is C30H34Br2N6O8. The van der Waals surface area contributed by atoms with Crippen LogP contribution in [0.1, 0.15) is 56.0 Å². The molecule has 0 aliphatic rings. The minimum atomic E-state index is -0.657. The Morgan fingerprint density at radius 1 is 0.630 bits per heavy atom. The largest absolute Gasteiger partial charge is 0.399 e. The number of nitrogens with two attached hydrogens (primary N) is 1. The van der Waals surface area contributed by atoms with E-state index in [-0.39, 0.29) is 13.1 Å². The highest BCUT2D eigenvalue weighted by Gasteiger charge is 2.19. The van der Waals surface area contributed by atoms with Crippen LogP contribution in [0.2, 0.25) is 0 Å². The molecule has 0 saturated carbocycles. The summed E-state index contributed by atoms with van der Waals surface area (Å²) in [6.45, 7) is 5.96. The molecule has 16 heteroatoms. The van der Waals surface area contributed by atoms with Gasteiger partial charge in [-0.1, -0.05) is 44.0 Å². The van der Waals surface area contributed by atoms with E-state index in [1.54, 1.807) is 12.1 Å². The fraction of sp³-hybridized carbons (Fsp3) is 0.333. The van der Waals surface area contributed by atoms with Crippen molar-refractivity contribution >= 4 is 61.4 Å². The average molecular weight is 766 g/mol. The Morgan fingerprint density at radius 3 is 1.33 bits per heavy atom. The van der Waals surface area contributed by atoms with Gasteiger partial charge in [-0.15, -0.1) is 0 Å². The summed E-state index contributed by atoms with van der Waals surface area (Å²) in [7, 11) is 0. The smallest absolute Gasteiger partial charge is 0.326 e. The fourth-order valence-electron chi connectivity index (χ4n) is 4.19. The van der Waals surface area contributed by atoms with Crippen molar-refractivity contribution in [2.24, 2.45) is 0 Å². The van der Waals surface area contributed by atoms with Gasteiger partial charge in [0.15, 0.2) is 0 Å². The number of nitrogen functional groups attached to an aromatic ring is 1. The molecule has 0 fully saturated rings. The zero-order valence-electron chi connectivity index (χ0n) is 25.7. The van der Waals surface area contributed by atoms with Gasteiger partial charge in [0.2, 0.25) is 0 Å². The second kappa shape index (κ2) is 17.7. The normalized spacial score (nSPS) is 11.1. The number of hydroxylamine groups is 4. The van der Waals surface area contributed by atoms with Crippen molar-refractivity contribution in [3.63, 3.8) is 0 Å². The van der Waals surface area contributed by atoms with E-state index in [0.717, 1.165) is 25.0 Å². The average Bonchev–Trinajstić information content (AvgIpc) is 2.90. The standard InChI is InChI=1S/C30H34Br2N6O8/c1-19(39)43-37(44-20(2)40)17-29-13-24(31)11-27(34-29)15-36(10-9-23-5-7-26(33)8-6-23)16-28-12-25(32)14-30(35-28)18-38(45-21(3)41)46-22(4)42/h5-8,11-14H,9-10,15-18,33H2,1-4H3. The number of anilines is 1. The highest BCUT2D eigenvalue weighted by Crippen LogP contribution is 2.20. The van der Waals surface area contributed by atoms with E-state index in [9.17, 15) is 19.2 Å². The van der Waals surface area contributed by atoms with Crippen molar-refractivity contribution in [3.05, 3.63) is 85.8 Å². The molecule has 3 aromatic rings. The fourth-order valence-corrected chi connectivity index (χ4v) is 5.25. The van der Waals surface area contributed by atoms with Crippen LogP contribution in [0.25, 0.3) is 0 Å². The van der Waals surface area contributed by atoms with Crippen molar-refractivity contribution < 1.29 is 38.5 Å². The maximum Gasteiger partial charge on any atom is 0.326 e. The molecule has 2 heterocycles. The number of benzene rings is 1. The first kappa shape index (κ1) is 36.5. The van der Waals surface area contributed by atoms with Gasteiger partial charge < -0.3 is 25.1 Å². The molecule has 246 valence electrons. The monoisotopic (exact) mass is 764 g/mol. The van der Waals surface area contributed by atoms with Crippen LogP contribution in [0.5, 0.6) is 0 Å². The highest BCUT2D eigenvalue weighted by molar-refractivity contribution is 9.10. The van der Waals surface area contributed by atoms with Crippen molar-refractivity contribution in [1.82, 2.24) is 25.3 Å². The minimum Gasteiger partial charge on any atom is -0.399 e. The molecule has 0 aliphatic heterocycles. The van der Waals surface area contributed by atoms with E-state index in [2.05, 4.69) is 36.8 Å². The number of halogens is 2. The molecule has 0 unspecified atom stereocenters. The van der Waals surface area contributed by atoms with Gasteiger partial charge in [0.25, 0.3) is 0 Å². The Bertz CT molecular complexity index is 1420. The van der Waals surface area contributed by atoms with E-state index in [1.165, 1.54) is 27.7 Å². The summed E-state index contributed by atoms with van der Waals surface area (Å²) in [5.41, 5.74) is 9.93.